The van der Waals surface area contributed by atoms with Gasteiger partial charge in [0.05, 0.1) is 12.5 Å². The lowest BCUT2D eigenvalue weighted by atomic mass is 10.0. The first-order valence-electron chi connectivity index (χ1n) is 11.4. The molecule has 170 valence electrons. The zero-order valence-electron chi connectivity index (χ0n) is 18.9. The number of hydrogen-bond acceptors (Lipinski definition) is 4. The van der Waals surface area contributed by atoms with Crippen LogP contribution in [0.25, 0.3) is 0 Å². The van der Waals surface area contributed by atoms with Gasteiger partial charge < -0.3 is 19.9 Å². The van der Waals surface area contributed by atoms with E-state index in [2.05, 4.69) is 5.32 Å². The third-order valence-electron chi connectivity index (χ3n) is 6.14. The lowest BCUT2D eigenvalue weighted by Crippen LogP contribution is -2.48. The topological polar surface area (TPSA) is 79.0 Å². The monoisotopic (exact) mass is 429 g/mol. The number of carbonyl (C=O) groups is 3. The van der Waals surface area contributed by atoms with Crippen molar-refractivity contribution in [3.8, 4) is 5.75 Å². The molecule has 0 spiro atoms. The molecule has 1 atom stereocenters. The summed E-state index contributed by atoms with van der Waals surface area (Å²) in [6.45, 7) is 8.29. The fraction of sp³-hybridized carbons (Fsp3) is 0.625. The number of nitrogens with one attached hydrogen (secondary N) is 1. The Labute approximate surface area is 185 Å². The average Bonchev–Trinajstić information content (AvgIpc) is 3.14. The zero-order valence-corrected chi connectivity index (χ0v) is 18.9. The molecule has 0 bridgehead atoms. The third kappa shape index (κ3) is 6.45. The molecule has 0 saturated carbocycles. The lowest BCUT2D eigenvalue weighted by molar-refractivity contribution is -0.137. The van der Waals surface area contributed by atoms with Crippen molar-refractivity contribution in [1.82, 2.24) is 15.1 Å². The number of aryl methyl sites for hydroxylation is 1. The van der Waals surface area contributed by atoms with Crippen LogP contribution in [0.15, 0.2) is 24.3 Å². The molecule has 7 nitrogen and oxygen atoms in total. The number of likely N-dealkylation sites (tertiary alicyclic amines) is 2. The van der Waals surface area contributed by atoms with E-state index in [-0.39, 0.29) is 35.7 Å². The maximum absolute atomic E-state index is 12.8. The molecule has 7 heteroatoms. The first-order chi connectivity index (χ1) is 14.8. The number of rotatable bonds is 8. The Hall–Kier alpha value is -2.57. The van der Waals surface area contributed by atoms with E-state index in [0.717, 1.165) is 18.6 Å². The second-order valence-electron chi connectivity index (χ2n) is 8.97. The summed E-state index contributed by atoms with van der Waals surface area (Å²) in [6.07, 6.45) is 2.93. The molecule has 1 N–H and O–H groups in total. The summed E-state index contributed by atoms with van der Waals surface area (Å²) in [4.78, 5) is 40.8. The summed E-state index contributed by atoms with van der Waals surface area (Å²) >= 11 is 0. The van der Waals surface area contributed by atoms with Crippen LogP contribution in [0.3, 0.4) is 0 Å². The maximum atomic E-state index is 12.8. The minimum absolute atomic E-state index is 0.0336. The van der Waals surface area contributed by atoms with Crippen molar-refractivity contribution in [2.24, 2.45) is 5.92 Å². The Bertz CT molecular complexity index is 770. The summed E-state index contributed by atoms with van der Waals surface area (Å²) in [5.41, 5.74) is 1.19. The van der Waals surface area contributed by atoms with E-state index in [9.17, 15) is 14.4 Å². The molecule has 31 heavy (non-hydrogen) atoms. The van der Waals surface area contributed by atoms with Gasteiger partial charge in [0.25, 0.3) is 0 Å². The van der Waals surface area contributed by atoms with Crippen molar-refractivity contribution >= 4 is 17.7 Å². The van der Waals surface area contributed by atoms with Crippen LogP contribution in [0, 0.1) is 12.8 Å². The van der Waals surface area contributed by atoms with Crippen molar-refractivity contribution in [2.45, 2.75) is 65.0 Å². The molecule has 3 amide bonds. The first-order valence-corrected chi connectivity index (χ1v) is 11.4. The van der Waals surface area contributed by atoms with Gasteiger partial charge in [-0.1, -0.05) is 17.7 Å². The number of benzene rings is 1. The van der Waals surface area contributed by atoms with Crippen molar-refractivity contribution in [2.75, 3.05) is 26.2 Å². The molecule has 1 unspecified atom stereocenters. The van der Waals surface area contributed by atoms with Crippen LogP contribution in [-0.2, 0) is 14.4 Å². The summed E-state index contributed by atoms with van der Waals surface area (Å²) in [6, 6.07) is 8.12. The number of piperidine rings is 1. The Morgan fingerprint density at radius 2 is 1.84 bits per heavy atom. The molecule has 2 heterocycles. The fourth-order valence-electron chi connectivity index (χ4n) is 4.26. The van der Waals surface area contributed by atoms with E-state index in [1.807, 2.05) is 49.9 Å². The maximum Gasteiger partial charge on any atom is 0.227 e. The fourth-order valence-corrected chi connectivity index (χ4v) is 4.26. The molecule has 2 aliphatic rings. The van der Waals surface area contributed by atoms with E-state index in [1.165, 1.54) is 5.56 Å². The van der Waals surface area contributed by atoms with Gasteiger partial charge in [-0.15, -0.1) is 0 Å². The molecular formula is C24H35N3O4. The number of carbonyl (C=O) groups excluding carboxylic acids is 3. The Morgan fingerprint density at radius 3 is 2.45 bits per heavy atom. The molecule has 2 saturated heterocycles. The van der Waals surface area contributed by atoms with Gasteiger partial charge in [-0.05, 0) is 52.2 Å². The highest BCUT2D eigenvalue weighted by atomic mass is 16.5. The first kappa shape index (κ1) is 23.1. The van der Waals surface area contributed by atoms with Crippen molar-refractivity contribution in [1.29, 1.82) is 0 Å². The van der Waals surface area contributed by atoms with Gasteiger partial charge in [-0.3, -0.25) is 14.4 Å². The highest BCUT2D eigenvalue weighted by molar-refractivity contribution is 5.89. The van der Waals surface area contributed by atoms with E-state index < -0.39 is 0 Å². The molecule has 0 aromatic heterocycles. The van der Waals surface area contributed by atoms with Crippen LogP contribution in [0.1, 0.15) is 51.5 Å². The highest BCUT2D eigenvalue weighted by Gasteiger charge is 2.38. The second kappa shape index (κ2) is 10.6. The number of amides is 3. The number of nitrogens with zero attached hydrogens (tertiary/aromatic N) is 2. The SMILES string of the molecule is Cc1ccc(OCCCC(=O)NC2CCN(C(=O)C3CC(=O)N(C(C)C)C3)CC2)cc1. The van der Waals surface area contributed by atoms with E-state index in [1.54, 1.807) is 4.90 Å². The Kier molecular flexibility index (Phi) is 7.93. The molecule has 3 rings (SSSR count). The smallest absolute Gasteiger partial charge is 0.227 e. The van der Waals surface area contributed by atoms with Gasteiger partial charge in [0, 0.05) is 44.6 Å². The van der Waals surface area contributed by atoms with Gasteiger partial charge >= 0.3 is 0 Å². The highest BCUT2D eigenvalue weighted by Crippen LogP contribution is 2.24. The van der Waals surface area contributed by atoms with Gasteiger partial charge in [0.2, 0.25) is 17.7 Å². The van der Waals surface area contributed by atoms with Crippen molar-refractivity contribution < 1.29 is 19.1 Å². The van der Waals surface area contributed by atoms with Crippen molar-refractivity contribution in [3.05, 3.63) is 29.8 Å². The predicted octanol–water partition coefficient (Wildman–Crippen LogP) is 2.52. The molecular weight excluding hydrogens is 394 g/mol. The molecule has 2 aliphatic heterocycles. The summed E-state index contributed by atoms with van der Waals surface area (Å²) in [5, 5.41) is 3.09. The van der Waals surface area contributed by atoms with E-state index in [0.29, 0.717) is 45.5 Å². The van der Waals surface area contributed by atoms with Crippen molar-refractivity contribution in [3.63, 3.8) is 0 Å². The molecule has 1 aromatic carbocycles. The second-order valence-corrected chi connectivity index (χ2v) is 8.97. The summed E-state index contributed by atoms with van der Waals surface area (Å²) in [7, 11) is 0. The quantitative estimate of drug-likeness (QED) is 0.644. The van der Waals surface area contributed by atoms with E-state index >= 15 is 0 Å². The van der Waals surface area contributed by atoms with Crippen LogP contribution < -0.4 is 10.1 Å². The van der Waals surface area contributed by atoms with Crippen LogP contribution in [-0.4, -0.2) is 65.8 Å². The van der Waals surface area contributed by atoms with Crippen LogP contribution >= 0.6 is 0 Å². The molecule has 0 radical (unpaired) electrons. The van der Waals surface area contributed by atoms with Crippen LogP contribution in [0.2, 0.25) is 0 Å². The predicted molar refractivity (Wildman–Crippen MR) is 119 cm³/mol. The van der Waals surface area contributed by atoms with Gasteiger partial charge in [-0.25, -0.2) is 0 Å². The third-order valence-corrected chi connectivity index (χ3v) is 6.14. The number of ether oxygens (including phenoxy) is 1. The normalized spacial score (nSPS) is 19.7. The van der Waals surface area contributed by atoms with Crippen LogP contribution in [0.4, 0.5) is 0 Å². The molecule has 1 aromatic rings. The summed E-state index contributed by atoms with van der Waals surface area (Å²) < 4.78 is 5.67. The van der Waals surface area contributed by atoms with Gasteiger partial charge in [0.1, 0.15) is 5.75 Å². The zero-order chi connectivity index (χ0) is 22.4. The summed E-state index contributed by atoms with van der Waals surface area (Å²) in [5.74, 6) is 0.778. The standard InChI is InChI=1S/C24H35N3O4/c1-17(2)27-16-19(15-23(27)29)24(30)26-12-10-20(11-13-26)25-22(28)5-4-14-31-21-8-6-18(3)7-9-21/h6-9,17,19-20H,4-5,10-16H2,1-3H3,(H,25,28). The molecule has 2 fully saturated rings. The van der Waals surface area contributed by atoms with Gasteiger partial charge in [-0.2, -0.15) is 0 Å². The molecule has 0 aliphatic carbocycles. The van der Waals surface area contributed by atoms with Crippen LogP contribution in [0.5, 0.6) is 5.75 Å². The minimum Gasteiger partial charge on any atom is -0.494 e. The minimum atomic E-state index is -0.227. The number of hydrogen-bond donors (Lipinski definition) is 1. The van der Waals surface area contributed by atoms with Gasteiger partial charge in [0.15, 0.2) is 0 Å². The Morgan fingerprint density at radius 1 is 1.16 bits per heavy atom. The largest absolute Gasteiger partial charge is 0.494 e. The van der Waals surface area contributed by atoms with E-state index in [4.69, 9.17) is 4.74 Å². The average molecular weight is 430 g/mol. The lowest BCUT2D eigenvalue weighted by Gasteiger charge is -2.34. The Balaban J connectivity index is 1.32.